The van der Waals surface area contributed by atoms with E-state index in [0.29, 0.717) is 22.8 Å². The fourth-order valence-electron chi connectivity index (χ4n) is 2.02. The molecule has 3 rings (SSSR count). The summed E-state index contributed by atoms with van der Waals surface area (Å²) in [6, 6.07) is 9.96. The minimum Gasteiger partial charge on any atom is -0.506 e. The number of hydrogen-bond donors (Lipinski definition) is 3. The largest absolute Gasteiger partial charge is 0.506 e. The van der Waals surface area contributed by atoms with Gasteiger partial charge in [0.1, 0.15) is 17.4 Å². The molecule has 1 heterocycles. The molecule has 2 aromatic carbocycles. The summed E-state index contributed by atoms with van der Waals surface area (Å²) in [5.74, 6) is 0.0674. The maximum Gasteiger partial charge on any atom is 0.251 e. The fourth-order valence-corrected chi connectivity index (χ4v) is 2.20. The Morgan fingerprint density at radius 3 is 2.71 bits per heavy atom. The summed E-state index contributed by atoms with van der Waals surface area (Å²) in [7, 11) is 0. The lowest BCUT2D eigenvalue weighted by atomic mass is 10.2. The van der Waals surface area contributed by atoms with Crippen molar-refractivity contribution in [3.05, 3.63) is 64.7 Å². The predicted molar refractivity (Wildman–Crippen MR) is 86.1 cm³/mol. The highest BCUT2D eigenvalue weighted by molar-refractivity contribution is 6.32. The van der Waals surface area contributed by atoms with Crippen LogP contribution >= 0.6 is 11.6 Å². The number of benzene rings is 2. The first-order chi connectivity index (χ1) is 11.5. The van der Waals surface area contributed by atoms with Crippen molar-refractivity contribution in [2.75, 3.05) is 0 Å². The predicted octanol–water partition coefficient (Wildman–Crippen LogP) is 2.90. The molecule has 3 aromatic rings. The number of phenols is 1. The first-order valence-corrected chi connectivity index (χ1v) is 7.34. The Kier molecular flexibility index (Phi) is 4.43. The third-order valence-corrected chi connectivity index (χ3v) is 3.56. The van der Waals surface area contributed by atoms with Crippen LogP contribution in [0.2, 0.25) is 5.02 Å². The Labute approximate surface area is 141 Å². The number of halogens is 2. The molecular weight excluding hydrogens is 335 g/mol. The molecule has 0 atom stereocenters. The molecule has 0 spiro atoms. The highest BCUT2D eigenvalue weighted by atomic mass is 35.5. The first-order valence-electron chi connectivity index (χ1n) is 6.97. The maximum atomic E-state index is 12.9. The van der Waals surface area contributed by atoms with Gasteiger partial charge >= 0.3 is 0 Å². The number of nitrogens with zero attached hydrogens (tertiary/aromatic N) is 2. The smallest absolute Gasteiger partial charge is 0.251 e. The van der Waals surface area contributed by atoms with Crippen molar-refractivity contribution in [3.8, 4) is 17.1 Å². The lowest BCUT2D eigenvalue weighted by molar-refractivity contribution is 0.0950. The molecule has 8 heteroatoms. The number of H-pyrrole nitrogens is 1. The van der Waals surface area contributed by atoms with Gasteiger partial charge in [0.2, 0.25) is 0 Å². The summed E-state index contributed by atoms with van der Waals surface area (Å²) in [4.78, 5) is 16.3. The number of carbonyl (C=O) groups excluding carboxylic acids is 1. The van der Waals surface area contributed by atoms with E-state index < -0.39 is 0 Å². The summed E-state index contributed by atoms with van der Waals surface area (Å²) >= 11 is 5.77. The van der Waals surface area contributed by atoms with Crippen LogP contribution in [0.3, 0.4) is 0 Å². The molecule has 0 saturated heterocycles. The second-order valence-corrected chi connectivity index (χ2v) is 5.37. The van der Waals surface area contributed by atoms with Crippen molar-refractivity contribution in [1.82, 2.24) is 20.5 Å². The second-order valence-electron chi connectivity index (χ2n) is 4.96. The van der Waals surface area contributed by atoms with Crippen molar-refractivity contribution in [3.63, 3.8) is 0 Å². The summed E-state index contributed by atoms with van der Waals surface area (Å²) in [6.45, 7) is 0.130. The number of aromatic hydroxyl groups is 1. The van der Waals surface area contributed by atoms with E-state index in [1.54, 1.807) is 12.1 Å². The fraction of sp³-hybridized carbons (Fsp3) is 0.0625. The van der Waals surface area contributed by atoms with Gasteiger partial charge in [-0.2, -0.15) is 5.10 Å². The zero-order chi connectivity index (χ0) is 17.1. The lowest BCUT2D eigenvalue weighted by Crippen LogP contribution is -2.23. The zero-order valence-electron chi connectivity index (χ0n) is 12.3. The first kappa shape index (κ1) is 15.9. The van der Waals surface area contributed by atoms with E-state index in [9.17, 15) is 14.3 Å². The van der Waals surface area contributed by atoms with E-state index in [1.807, 2.05) is 0 Å². The molecule has 1 aromatic heterocycles. The molecule has 122 valence electrons. The van der Waals surface area contributed by atoms with E-state index in [0.717, 1.165) is 0 Å². The number of aromatic nitrogens is 3. The summed E-state index contributed by atoms with van der Waals surface area (Å²) in [6.07, 6.45) is 0. The quantitative estimate of drug-likeness (QED) is 0.677. The summed E-state index contributed by atoms with van der Waals surface area (Å²) < 4.78 is 12.9. The molecule has 0 aliphatic heterocycles. The average Bonchev–Trinajstić information content (AvgIpc) is 3.05. The van der Waals surface area contributed by atoms with Gasteiger partial charge in [-0.3, -0.25) is 9.89 Å². The van der Waals surface area contributed by atoms with Crippen molar-refractivity contribution in [1.29, 1.82) is 0 Å². The van der Waals surface area contributed by atoms with Gasteiger partial charge in [-0.15, -0.1) is 0 Å². The summed E-state index contributed by atoms with van der Waals surface area (Å²) in [5.41, 5.74) is 0.978. The number of phenolic OH excluding ortho intramolecular Hbond substituents is 1. The number of carbonyl (C=O) groups is 1. The molecule has 6 nitrogen and oxygen atoms in total. The van der Waals surface area contributed by atoms with E-state index >= 15 is 0 Å². The number of rotatable bonds is 4. The van der Waals surface area contributed by atoms with Gasteiger partial charge in [0.15, 0.2) is 5.82 Å². The number of nitrogens with one attached hydrogen (secondary N) is 2. The molecule has 0 radical (unpaired) electrons. The number of hydrogen-bond acceptors (Lipinski definition) is 4. The number of aromatic amines is 1. The highest BCUT2D eigenvalue weighted by Crippen LogP contribution is 2.23. The lowest BCUT2D eigenvalue weighted by Gasteiger charge is -2.04. The molecule has 0 fully saturated rings. The van der Waals surface area contributed by atoms with E-state index in [2.05, 4.69) is 20.5 Å². The van der Waals surface area contributed by atoms with E-state index in [1.165, 1.54) is 30.3 Å². The highest BCUT2D eigenvalue weighted by Gasteiger charge is 2.10. The molecule has 0 saturated carbocycles. The molecule has 0 aliphatic carbocycles. The van der Waals surface area contributed by atoms with Crippen molar-refractivity contribution < 1.29 is 14.3 Å². The van der Waals surface area contributed by atoms with Crippen LogP contribution in [0.4, 0.5) is 4.39 Å². The Hall–Kier alpha value is -2.93. The molecule has 24 heavy (non-hydrogen) atoms. The van der Waals surface area contributed by atoms with Gasteiger partial charge in [-0.05, 0) is 42.5 Å². The Bertz CT molecular complexity index is 880. The van der Waals surface area contributed by atoms with Crippen molar-refractivity contribution in [2.45, 2.75) is 6.54 Å². The normalized spacial score (nSPS) is 10.6. The molecule has 0 bridgehead atoms. The van der Waals surface area contributed by atoms with Crippen LogP contribution < -0.4 is 5.32 Å². The molecule has 3 N–H and O–H groups in total. The van der Waals surface area contributed by atoms with Gasteiger partial charge in [0, 0.05) is 11.1 Å². The minimum atomic E-state index is -0.364. The Morgan fingerprint density at radius 2 is 2.00 bits per heavy atom. The van der Waals surface area contributed by atoms with E-state index in [4.69, 9.17) is 11.6 Å². The van der Waals surface area contributed by atoms with Crippen LogP contribution in [0, 0.1) is 5.82 Å². The second kappa shape index (κ2) is 6.67. The van der Waals surface area contributed by atoms with Crippen LogP contribution in [0.25, 0.3) is 11.4 Å². The van der Waals surface area contributed by atoms with Crippen LogP contribution in [-0.4, -0.2) is 26.2 Å². The zero-order valence-corrected chi connectivity index (χ0v) is 13.0. The summed E-state index contributed by atoms with van der Waals surface area (Å²) in [5, 5.41) is 18.9. The SMILES string of the molecule is O=C(NCc1nc(-c2ccc(F)cc2)n[nH]1)c1ccc(O)c(Cl)c1. The average molecular weight is 347 g/mol. The molecule has 1 amide bonds. The molecular formula is C16H12ClFN4O2. The van der Waals surface area contributed by atoms with Crippen LogP contribution in [0.5, 0.6) is 5.75 Å². The monoisotopic (exact) mass is 346 g/mol. The Morgan fingerprint density at radius 1 is 1.25 bits per heavy atom. The van der Waals surface area contributed by atoms with Crippen LogP contribution in [0.15, 0.2) is 42.5 Å². The topological polar surface area (TPSA) is 90.9 Å². The maximum absolute atomic E-state index is 12.9. The van der Waals surface area contributed by atoms with Gasteiger partial charge in [0.05, 0.1) is 11.6 Å². The van der Waals surface area contributed by atoms with Crippen LogP contribution in [-0.2, 0) is 6.54 Å². The number of amides is 1. The van der Waals surface area contributed by atoms with Crippen molar-refractivity contribution in [2.24, 2.45) is 0 Å². The van der Waals surface area contributed by atoms with Gasteiger partial charge in [-0.25, -0.2) is 9.37 Å². The van der Waals surface area contributed by atoms with E-state index in [-0.39, 0.29) is 29.0 Å². The minimum absolute atomic E-state index is 0.0904. The Balaban J connectivity index is 1.65. The van der Waals surface area contributed by atoms with Gasteiger partial charge in [0.25, 0.3) is 5.91 Å². The third kappa shape index (κ3) is 3.52. The van der Waals surface area contributed by atoms with Gasteiger partial charge in [-0.1, -0.05) is 11.6 Å². The van der Waals surface area contributed by atoms with Gasteiger partial charge < -0.3 is 10.4 Å². The van der Waals surface area contributed by atoms with Crippen molar-refractivity contribution >= 4 is 17.5 Å². The standard InChI is InChI=1S/C16H12ClFN4O2/c17-12-7-10(3-6-13(12)23)16(24)19-8-14-20-15(22-21-14)9-1-4-11(18)5-2-9/h1-7,23H,8H2,(H,19,24)(H,20,21,22). The third-order valence-electron chi connectivity index (χ3n) is 3.26. The molecule has 0 unspecified atom stereocenters. The van der Waals surface area contributed by atoms with Crippen LogP contribution in [0.1, 0.15) is 16.2 Å². The molecule has 0 aliphatic rings.